The molecule has 152 valence electrons. The molecule has 0 saturated heterocycles. The van der Waals surface area contributed by atoms with Crippen molar-refractivity contribution in [3.63, 3.8) is 0 Å². The van der Waals surface area contributed by atoms with E-state index in [4.69, 9.17) is 4.74 Å². The Labute approximate surface area is 168 Å². The Morgan fingerprint density at radius 3 is 1.93 bits per heavy atom. The van der Waals surface area contributed by atoms with Crippen LogP contribution in [0, 0.1) is 5.82 Å². The zero-order valence-corrected chi connectivity index (χ0v) is 16.2. The Balaban J connectivity index is 1.68. The van der Waals surface area contributed by atoms with E-state index >= 15 is 0 Å². The van der Waals surface area contributed by atoms with Crippen LogP contribution in [0.25, 0.3) is 22.3 Å². The third-order valence-electron chi connectivity index (χ3n) is 4.57. The zero-order chi connectivity index (χ0) is 20.6. The van der Waals surface area contributed by atoms with E-state index in [0.717, 1.165) is 42.2 Å². The molecule has 2 nitrogen and oxygen atoms in total. The Hall–Kier alpha value is -2.95. The van der Waals surface area contributed by atoms with E-state index in [1.54, 1.807) is 12.1 Å². The molecule has 0 aliphatic rings. The van der Waals surface area contributed by atoms with Crippen molar-refractivity contribution >= 4 is 0 Å². The number of ether oxygens (including phenoxy) is 2. The maximum absolute atomic E-state index is 14.3. The lowest BCUT2D eigenvalue weighted by Crippen LogP contribution is -2.02. The highest BCUT2D eigenvalue weighted by molar-refractivity contribution is 5.71. The van der Waals surface area contributed by atoms with Crippen molar-refractivity contribution < 1.29 is 22.6 Å². The SMILES string of the molecule is CCCCCOc1ccc(-c2ccc(-c3ccc(OC(F)F)cc3F)cc2)cc1. The molecule has 0 spiro atoms. The van der Waals surface area contributed by atoms with Gasteiger partial charge in [0.1, 0.15) is 17.3 Å². The zero-order valence-electron chi connectivity index (χ0n) is 16.2. The van der Waals surface area contributed by atoms with Crippen LogP contribution in [0.15, 0.2) is 66.7 Å². The van der Waals surface area contributed by atoms with Gasteiger partial charge in [-0.25, -0.2) is 4.39 Å². The van der Waals surface area contributed by atoms with Crippen LogP contribution in [0.1, 0.15) is 26.2 Å². The fourth-order valence-corrected chi connectivity index (χ4v) is 3.03. The molecule has 29 heavy (non-hydrogen) atoms. The lowest BCUT2D eigenvalue weighted by Gasteiger charge is -2.09. The van der Waals surface area contributed by atoms with E-state index in [-0.39, 0.29) is 5.75 Å². The van der Waals surface area contributed by atoms with E-state index in [1.165, 1.54) is 12.1 Å². The number of unbranched alkanes of at least 4 members (excludes halogenated alkanes) is 2. The predicted octanol–water partition coefficient (Wildman–Crippen LogP) is 7.33. The monoisotopic (exact) mass is 400 g/mol. The maximum Gasteiger partial charge on any atom is 0.387 e. The van der Waals surface area contributed by atoms with Crippen molar-refractivity contribution in [2.75, 3.05) is 6.61 Å². The van der Waals surface area contributed by atoms with Gasteiger partial charge in [0, 0.05) is 11.6 Å². The van der Waals surface area contributed by atoms with Crippen LogP contribution < -0.4 is 9.47 Å². The Morgan fingerprint density at radius 1 is 0.759 bits per heavy atom. The van der Waals surface area contributed by atoms with Gasteiger partial charge in [0.2, 0.25) is 0 Å². The second kappa shape index (κ2) is 10.0. The molecule has 0 saturated carbocycles. The Morgan fingerprint density at radius 2 is 1.34 bits per heavy atom. The van der Waals surface area contributed by atoms with Crippen LogP contribution in [0.4, 0.5) is 13.2 Å². The molecule has 0 atom stereocenters. The molecule has 0 N–H and O–H groups in total. The molecular formula is C24H23F3O2. The number of rotatable bonds is 9. The lowest BCUT2D eigenvalue weighted by molar-refractivity contribution is -0.0499. The molecular weight excluding hydrogens is 377 g/mol. The van der Waals surface area contributed by atoms with Gasteiger partial charge >= 0.3 is 6.61 Å². The van der Waals surface area contributed by atoms with E-state index in [2.05, 4.69) is 11.7 Å². The maximum atomic E-state index is 14.3. The van der Waals surface area contributed by atoms with Gasteiger partial charge in [-0.2, -0.15) is 8.78 Å². The van der Waals surface area contributed by atoms with Gasteiger partial charge in [-0.3, -0.25) is 0 Å². The fraction of sp³-hybridized carbons (Fsp3) is 0.250. The summed E-state index contributed by atoms with van der Waals surface area (Å²) in [6.07, 6.45) is 3.37. The van der Waals surface area contributed by atoms with Crippen LogP contribution in [-0.4, -0.2) is 13.2 Å². The van der Waals surface area contributed by atoms with Crippen molar-refractivity contribution in [2.45, 2.75) is 32.8 Å². The average molecular weight is 400 g/mol. The summed E-state index contributed by atoms with van der Waals surface area (Å²) in [6.45, 7) is -0.104. The molecule has 0 bridgehead atoms. The normalized spacial score (nSPS) is 10.9. The minimum atomic E-state index is -2.98. The first-order chi connectivity index (χ1) is 14.1. The van der Waals surface area contributed by atoms with E-state index in [0.29, 0.717) is 17.7 Å². The van der Waals surface area contributed by atoms with Crippen LogP contribution >= 0.6 is 0 Å². The van der Waals surface area contributed by atoms with Crippen molar-refractivity contribution in [3.05, 3.63) is 72.5 Å². The van der Waals surface area contributed by atoms with Crippen LogP contribution in [0.2, 0.25) is 0 Å². The predicted molar refractivity (Wildman–Crippen MR) is 109 cm³/mol. The van der Waals surface area contributed by atoms with Crippen LogP contribution in [-0.2, 0) is 0 Å². The largest absolute Gasteiger partial charge is 0.494 e. The fourth-order valence-electron chi connectivity index (χ4n) is 3.03. The number of hydrogen-bond acceptors (Lipinski definition) is 2. The molecule has 0 aliphatic carbocycles. The molecule has 0 heterocycles. The van der Waals surface area contributed by atoms with Crippen molar-refractivity contribution in [2.24, 2.45) is 0 Å². The Kier molecular flexibility index (Phi) is 7.17. The summed E-state index contributed by atoms with van der Waals surface area (Å²) in [5, 5.41) is 0. The highest BCUT2D eigenvalue weighted by atomic mass is 19.3. The summed E-state index contributed by atoms with van der Waals surface area (Å²) in [5.41, 5.74) is 3.00. The minimum absolute atomic E-state index is 0.199. The lowest BCUT2D eigenvalue weighted by atomic mass is 10.00. The van der Waals surface area contributed by atoms with Gasteiger partial charge < -0.3 is 9.47 Å². The van der Waals surface area contributed by atoms with Gasteiger partial charge in [-0.05, 0) is 47.4 Å². The summed E-state index contributed by atoms with van der Waals surface area (Å²) in [6, 6.07) is 19.0. The molecule has 3 aromatic carbocycles. The number of alkyl halides is 2. The van der Waals surface area contributed by atoms with E-state index in [1.807, 2.05) is 36.4 Å². The molecule has 3 rings (SSSR count). The number of halogens is 3. The molecule has 5 heteroatoms. The molecule has 0 radical (unpaired) electrons. The first-order valence-corrected chi connectivity index (χ1v) is 9.65. The molecule has 0 unspecified atom stereocenters. The molecule has 3 aromatic rings. The average Bonchev–Trinajstić information content (AvgIpc) is 2.72. The van der Waals surface area contributed by atoms with E-state index in [9.17, 15) is 13.2 Å². The van der Waals surface area contributed by atoms with Crippen LogP contribution in [0.5, 0.6) is 11.5 Å². The minimum Gasteiger partial charge on any atom is -0.494 e. The summed E-state index contributed by atoms with van der Waals surface area (Å²) in [7, 11) is 0. The molecule has 0 aliphatic heterocycles. The van der Waals surface area contributed by atoms with Gasteiger partial charge in [-0.15, -0.1) is 0 Å². The number of benzene rings is 3. The topological polar surface area (TPSA) is 18.5 Å². The smallest absolute Gasteiger partial charge is 0.387 e. The number of hydrogen-bond donors (Lipinski definition) is 0. The quantitative estimate of drug-likeness (QED) is 0.350. The Bertz CT molecular complexity index is 906. The van der Waals surface area contributed by atoms with Gasteiger partial charge in [-0.1, -0.05) is 56.2 Å². The van der Waals surface area contributed by atoms with E-state index < -0.39 is 12.4 Å². The first-order valence-electron chi connectivity index (χ1n) is 9.65. The highest BCUT2D eigenvalue weighted by Crippen LogP contribution is 2.30. The van der Waals surface area contributed by atoms with Crippen molar-refractivity contribution in [1.29, 1.82) is 0 Å². The second-order valence-corrected chi connectivity index (χ2v) is 6.68. The summed E-state index contributed by atoms with van der Waals surface area (Å²) in [4.78, 5) is 0. The second-order valence-electron chi connectivity index (χ2n) is 6.68. The third kappa shape index (κ3) is 5.76. The summed E-state index contributed by atoms with van der Waals surface area (Å²) >= 11 is 0. The van der Waals surface area contributed by atoms with Crippen LogP contribution in [0.3, 0.4) is 0 Å². The third-order valence-corrected chi connectivity index (χ3v) is 4.57. The van der Waals surface area contributed by atoms with Gasteiger partial charge in [0.05, 0.1) is 6.61 Å². The van der Waals surface area contributed by atoms with Gasteiger partial charge in [0.15, 0.2) is 0 Å². The molecule has 0 fully saturated rings. The highest BCUT2D eigenvalue weighted by Gasteiger charge is 2.10. The summed E-state index contributed by atoms with van der Waals surface area (Å²) < 4.78 is 48.7. The van der Waals surface area contributed by atoms with Crippen molar-refractivity contribution in [1.82, 2.24) is 0 Å². The standard InChI is InChI=1S/C24H23F3O2/c1-2-3-4-15-28-20-11-9-18(10-12-20)17-5-7-19(8-6-17)22-14-13-21(16-23(22)25)29-24(26)27/h5-14,16,24H,2-4,15H2,1H3. The van der Waals surface area contributed by atoms with Crippen molar-refractivity contribution in [3.8, 4) is 33.8 Å². The summed E-state index contributed by atoms with van der Waals surface area (Å²) in [5.74, 6) is 0.0324. The van der Waals surface area contributed by atoms with Gasteiger partial charge in [0.25, 0.3) is 0 Å². The first kappa shape index (κ1) is 20.8. The molecule has 0 amide bonds. The molecule has 0 aromatic heterocycles.